The molecule has 6 heteroatoms. The second kappa shape index (κ2) is 6.14. The van der Waals surface area contributed by atoms with Crippen LogP contribution in [0.1, 0.15) is 19.2 Å². The second-order valence-electron chi connectivity index (χ2n) is 3.60. The average Bonchev–Trinajstić information content (AvgIpc) is 2.93. The molecule has 17 heavy (non-hydrogen) atoms. The normalized spacial score (nSPS) is 10.9. The highest BCUT2D eigenvalue weighted by molar-refractivity contribution is 7.14. The fraction of sp³-hybridized carbons (Fsp3) is 0.455. The van der Waals surface area contributed by atoms with Gasteiger partial charge in [-0.25, -0.2) is 0 Å². The van der Waals surface area contributed by atoms with E-state index in [0.717, 1.165) is 30.8 Å². The van der Waals surface area contributed by atoms with E-state index in [-0.39, 0.29) is 0 Å². The number of aromatic nitrogens is 2. The smallest absolute Gasteiger partial charge is 0.259 e. The molecule has 1 N–H and O–H groups in total. The number of nitrogens with zero attached hydrogens (tertiary/aromatic N) is 2. The van der Waals surface area contributed by atoms with E-state index in [1.165, 1.54) is 11.3 Å². The van der Waals surface area contributed by atoms with Gasteiger partial charge in [0.05, 0.1) is 5.02 Å². The zero-order valence-electron chi connectivity index (χ0n) is 9.57. The van der Waals surface area contributed by atoms with E-state index in [9.17, 15) is 0 Å². The van der Waals surface area contributed by atoms with Crippen molar-refractivity contribution in [2.24, 2.45) is 0 Å². The molecule has 2 aromatic rings. The summed E-state index contributed by atoms with van der Waals surface area (Å²) < 4.78 is 5.55. The lowest BCUT2D eigenvalue weighted by Crippen LogP contribution is -2.17. The maximum absolute atomic E-state index is 6.00. The van der Waals surface area contributed by atoms with Crippen LogP contribution in [0.2, 0.25) is 5.02 Å². The van der Waals surface area contributed by atoms with Crippen LogP contribution < -0.4 is 5.32 Å². The highest BCUT2D eigenvalue weighted by Gasteiger charge is 2.12. The first kappa shape index (κ1) is 12.5. The van der Waals surface area contributed by atoms with Crippen LogP contribution in [0.15, 0.2) is 15.9 Å². The molecule has 0 aliphatic carbocycles. The molecule has 4 nitrogen and oxygen atoms in total. The Bertz CT molecular complexity index is 469. The molecule has 0 saturated carbocycles. The summed E-state index contributed by atoms with van der Waals surface area (Å²) in [6.07, 6.45) is 1.87. The average molecular weight is 272 g/mol. The Hall–Kier alpha value is -0.910. The minimum absolute atomic E-state index is 0.510. The first-order valence-electron chi connectivity index (χ1n) is 5.57. The minimum Gasteiger partial charge on any atom is -0.420 e. The van der Waals surface area contributed by atoms with Crippen molar-refractivity contribution in [1.29, 1.82) is 0 Å². The van der Waals surface area contributed by atoms with Crippen LogP contribution in [0.3, 0.4) is 0 Å². The monoisotopic (exact) mass is 271 g/mol. The minimum atomic E-state index is 0.510. The van der Waals surface area contributed by atoms with E-state index in [1.54, 1.807) is 0 Å². The van der Waals surface area contributed by atoms with E-state index in [4.69, 9.17) is 16.0 Å². The maximum atomic E-state index is 6.00. The molecule has 0 radical (unpaired) electrons. The third-order valence-electron chi connectivity index (χ3n) is 2.22. The van der Waals surface area contributed by atoms with Gasteiger partial charge in [-0.05, 0) is 24.4 Å². The molecule has 0 aromatic carbocycles. The first-order valence-corrected chi connectivity index (χ1v) is 6.83. The van der Waals surface area contributed by atoms with Gasteiger partial charge in [-0.15, -0.1) is 21.5 Å². The lowest BCUT2D eigenvalue weighted by molar-refractivity contribution is 0.495. The Kier molecular flexibility index (Phi) is 4.53. The zero-order valence-corrected chi connectivity index (χ0v) is 11.1. The first-order chi connectivity index (χ1) is 8.31. The molecule has 0 bridgehead atoms. The van der Waals surface area contributed by atoms with E-state index in [1.807, 2.05) is 11.4 Å². The van der Waals surface area contributed by atoms with Gasteiger partial charge in [0.2, 0.25) is 5.89 Å². The molecule has 0 saturated heterocycles. The fourth-order valence-electron chi connectivity index (χ4n) is 1.39. The van der Waals surface area contributed by atoms with Crippen molar-refractivity contribution in [3.05, 3.63) is 22.4 Å². The van der Waals surface area contributed by atoms with Gasteiger partial charge in [0.1, 0.15) is 4.88 Å². The van der Waals surface area contributed by atoms with Gasteiger partial charge in [0.15, 0.2) is 0 Å². The summed E-state index contributed by atoms with van der Waals surface area (Å²) in [6.45, 7) is 4.00. The number of hydrogen-bond acceptors (Lipinski definition) is 5. The van der Waals surface area contributed by atoms with Crippen LogP contribution in [0, 0.1) is 0 Å². The lowest BCUT2D eigenvalue weighted by atomic mass is 10.4. The Morgan fingerprint density at radius 1 is 1.41 bits per heavy atom. The molecular formula is C11H14ClN3OS. The number of halogens is 1. The quantitative estimate of drug-likeness (QED) is 0.821. The fourth-order valence-corrected chi connectivity index (χ4v) is 2.45. The zero-order chi connectivity index (χ0) is 12.1. The molecule has 2 heterocycles. The standard InChI is InChI=1S/C11H14ClN3OS/c1-2-5-13-6-3-9-14-15-11(16-9)10-8(12)4-7-17-10/h4,7,13H,2-3,5-6H2,1H3. The van der Waals surface area contributed by atoms with Crippen LogP contribution in [-0.4, -0.2) is 23.3 Å². The summed E-state index contributed by atoms with van der Waals surface area (Å²) in [6, 6.07) is 1.83. The van der Waals surface area contributed by atoms with E-state index in [0.29, 0.717) is 16.8 Å². The van der Waals surface area contributed by atoms with Crippen molar-refractivity contribution >= 4 is 22.9 Å². The highest BCUT2D eigenvalue weighted by Crippen LogP contribution is 2.31. The summed E-state index contributed by atoms with van der Waals surface area (Å²) in [5.74, 6) is 1.16. The maximum Gasteiger partial charge on any atom is 0.259 e. The highest BCUT2D eigenvalue weighted by atomic mass is 35.5. The van der Waals surface area contributed by atoms with Crippen molar-refractivity contribution in [3.8, 4) is 10.8 Å². The van der Waals surface area contributed by atoms with Crippen molar-refractivity contribution in [3.63, 3.8) is 0 Å². The summed E-state index contributed by atoms with van der Waals surface area (Å²) >= 11 is 7.50. The molecular weight excluding hydrogens is 258 g/mol. The van der Waals surface area contributed by atoms with Crippen LogP contribution in [0.4, 0.5) is 0 Å². The van der Waals surface area contributed by atoms with Gasteiger partial charge in [0.25, 0.3) is 5.89 Å². The van der Waals surface area contributed by atoms with Crippen LogP contribution in [-0.2, 0) is 6.42 Å². The third kappa shape index (κ3) is 3.28. The largest absolute Gasteiger partial charge is 0.420 e. The van der Waals surface area contributed by atoms with Gasteiger partial charge in [-0.1, -0.05) is 18.5 Å². The molecule has 0 atom stereocenters. The molecule has 92 valence electrons. The number of rotatable bonds is 6. The van der Waals surface area contributed by atoms with Crippen LogP contribution >= 0.6 is 22.9 Å². The van der Waals surface area contributed by atoms with Crippen molar-refractivity contribution in [2.75, 3.05) is 13.1 Å². The van der Waals surface area contributed by atoms with E-state index < -0.39 is 0 Å². The Balaban J connectivity index is 1.95. The molecule has 0 amide bonds. The van der Waals surface area contributed by atoms with Crippen molar-refractivity contribution < 1.29 is 4.42 Å². The van der Waals surface area contributed by atoms with Crippen molar-refractivity contribution in [2.45, 2.75) is 19.8 Å². The SMILES string of the molecule is CCCNCCc1nnc(-c2sccc2Cl)o1. The summed E-state index contributed by atoms with van der Waals surface area (Å²) in [5, 5.41) is 13.9. The molecule has 2 rings (SSSR count). The van der Waals surface area contributed by atoms with Crippen molar-refractivity contribution in [1.82, 2.24) is 15.5 Å². The number of hydrogen-bond donors (Lipinski definition) is 1. The molecule has 0 aliphatic heterocycles. The van der Waals surface area contributed by atoms with E-state index in [2.05, 4.69) is 22.4 Å². The predicted octanol–water partition coefficient (Wildman–Crippen LogP) is 2.99. The summed E-state index contributed by atoms with van der Waals surface area (Å²) in [7, 11) is 0. The summed E-state index contributed by atoms with van der Waals surface area (Å²) in [5.41, 5.74) is 0. The molecule has 0 fully saturated rings. The van der Waals surface area contributed by atoms with Crippen LogP contribution in [0.5, 0.6) is 0 Å². The predicted molar refractivity (Wildman–Crippen MR) is 69.5 cm³/mol. The lowest BCUT2D eigenvalue weighted by Gasteiger charge is -1.98. The van der Waals surface area contributed by atoms with Gasteiger partial charge in [-0.2, -0.15) is 0 Å². The molecule has 0 aliphatic rings. The Labute approximate surface area is 109 Å². The van der Waals surface area contributed by atoms with E-state index >= 15 is 0 Å². The van der Waals surface area contributed by atoms with Gasteiger partial charge >= 0.3 is 0 Å². The van der Waals surface area contributed by atoms with Gasteiger partial charge < -0.3 is 9.73 Å². The Morgan fingerprint density at radius 2 is 2.29 bits per heavy atom. The summed E-state index contributed by atoms with van der Waals surface area (Å²) in [4.78, 5) is 0.840. The Morgan fingerprint density at radius 3 is 3.00 bits per heavy atom. The second-order valence-corrected chi connectivity index (χ2v) is 4.92. The molecule has 0 spiro atoms. The van der Waals surface area contributed by atoms with Crippen LogP contribution in [0.25, 0.3) is 10.8 Å². The van der Waals surface area contributed by atoms with Gasteiger partial charge in [0, 0.05) is 13.0 Å². The number of thiophene rings is 1. The molecule has 0 unspecified atom stereocenters. The third-order valence-corrected chi connectivity index (χ3v) is 3.55. The number of nitrogens with one attached hydrogen (secondary N) is 1. The topological polar surface area (TPSA) is 51.0 Å². The molecule has 2 aromatic heterocycles. The van der Waals surface area contributed by atoms with Gasteiger partial charge in [-0.3, -0.25) is 0 Å².